The van der Waals surface area contributed by atoms with E-state index in [-0.39, 0.29) is 0 Å². The second kappa shape index (κ2) is 3.73. The maximum Gasteiger partial charge on any atom is 0.0628 e. The highest BCUT2D eigenvalue weighted by Crippen LogP contribution is 2.10. The molecule has 0 amide bonds. The number of likely N-dealkylation sites (N-methyl/N-ethyl adjacent to an activating group) is 1. The van der Waals surface area contributed by atoms with Gasteiger partial charge in [-0.3, -0.25) is 4.90 Å². The molecular weight excluding hydrogens is 227 g/mol. The standard InChI is InChI=1S/C6H13IN2/c1-9-5-4-8-3-2-6(9)7/h6,8H,2-5H2,1H3. The van der Waals surface area contributed by atoms with E-state index in [4.69, 9.17) is 0 Å². The lowest BCUT2D eigenvalue weighted by Gasteiger charge is -2.18. The highest BCUT2D eigenvalue weighted by molar-refractivity contribution is 14.1. The van der Waals surface area contributed by atoms with Crippen molar-refractivity contribution in [3.63, 3.8) is 0 Å². The lowest BCUT2D eigenvalue weighted by Crippen LogP contribution is -2.27. The molecule has 2 nitrogen and oxygen atoms in total. The Labute approximate surface area is 70.1 Å². The molecule has 1 aliphatic rings. The lowest BCUT2D eigenvalue weighted by atomic mass is 10.4. The summed E-state index contributed by atoms with van der Waals surface area (Å²) in [5, 5.41) is 3.36. The molecule has 1 unspecified atom stereocenters. The topological polar surface area (TPSA) is 15.3 Å². The summed E-state index contributed by atoms with van der Waals surface area (Å²) in [5.41, 5.74) is 0. The van der Waals surface area contributed by atoms with Crippen LogP contribution >= 0.6 is 22.6 Å². The van der Waals surface area contributed by atoms with Crippen molar-refractivity contribution in [1.82, 2.24) is 10.2 Å². The molecule has 1 heterocycles. The Bertz CT molecular complexity index is 77.1. The van der Waals surface area contributed by atoms with Crippen LogP contribution in [0.15, 0.2) is 0 Å². The number of hydrogen-bond donors (Lipinski definition) is 1. The number of nitrogens with one attached hydrogen (secondary N) is 1. The molecule has 1 N–H and O–H groups in total. The van der Waals surface area contributed by atoms with Crippen molar-refractivity contribution >= 4 is 22.6 Å². The van der Waals surface area contributed by atoms with Crippen LogP contribution in [0.25, 0.3) is 0 Å². The van der Waals surface area contributed by atoms with E-state index in [9.17, 15) is 0 Å². The summed E-state index contributed by atoms with van der Waals surface area (Å²) in [6.07, 6.45) is 1.27. The molecular formula is C6H13IN2. The van der Waals surface area contributed by atoms with Crippen LogP contribution in [0.3, 0.4) is 0 Å². The lowest BCUT2D eigenvalue weighted by molar-refractivity contribution is 0.344. The number of halogens is 1. The van der Waals surface area contributed by atoms with Crippen molar-refractivity contribution in [2.24, 2.45) is 0 Å². The first-order valence-electron chi connectivity index (χ1n) is 3.36. The molecule has 0 radical (unpaired) electrons. The molecule has 9 heavy (non-hydrogen) atoms. The average molecular weight is 240 g/mol. The fourth-order valence-corrected chi connectivity index (χ4v) is 1.55. The van der Waals surface area contributed by atoms with Gasteiger partial charge in [-0.2, -0.15) is 0 Å². The minimum Gasteiger partial charge on any atom is -0.315 e. The summed E-state index contributed by atoms with van der Waals surface area (Å²) in [6, 6.07) is 0. The van der Waals surface area contributed by atoms with Crippen molar-refractivity contribution in [2.75, 3.05) is 26.7 Å². The number of nitrogens with zero attached hydrogens (tertiary/aromatic N) is 1. The van der Waals surface area contributed by atoms with E-state index < -0.39 is 0 Å². The number of alkyl halides is 1. The third-order valence-corrected chi connectivity index (χ3v) is 3.25. The van der Waals surface area contributed by atoms with Gasteiger partial charge in [-0.15, -0.1) is 0 Å². The fourth-order valence-electron chi connectivity index (χ4n) is 0.962. The molecule has 0 aliphatic carbocycles. The maximum atomic E-state index is 3.36. The van der Waals surface area contributed by atoms with E-state index in [1.54, 1.807) is 0 Å². The molecule has 0 aromatic heterocycles. The zero-order valence-corrected chi connectivity index (χ0v) is 7.89. The SMILES string of the molecule is CN1CCNCCC1I. The van der Waals surface area contributed by atoms with Gasteiger partial charge in [-0.25, -0.2) is 0 Å². The molecule has 3 heteroatoms. The quantitative estimate of drug-likeness (QED) is 0.380. The molecule has 0 aromatic rings. The Morgan fingerprint density at radius 2 is 2.33 bits per heavy atom. The normalized spacial score (nSPS) is 32.0. The molecule has 0 aromatic carbocycles. The Kier molecular flexibility index (Phi) is 3.21. The van der Waals surface area contributed by atoms with Crippen molar-refractivity contribution in [3.8, 4) is 0 Å². The van der Waals surface area contributed by atoms with Crippen LogP contribution < -0.4 is 5.32 Å². The van der Waals surface area contributed by atoms with E-state index in [2.05, 4.69) is 39.9 Å². The monoisotopic (exact) mass is 240 g/mol. The molecule has 54 valence electrons. The van der Waals surface area contributed by atoms with Crippen molar-refractivity contribution in [3.05, 3.63) is 0 Å². The van der Waals surface area contributed by atoms with Crippen LogP contribution in [-0.4, -0.2) is 35.6 Å². The van der Waals surface area contributed by atoms with E-state index in [0.29, 0.717) is 0 Å². The third kappa shape index (κ3) is 2.39. The first-order chi connectivity index (χ1) is 4.30. The van der Waals surface area contributed by atoms with Crippen LogP contribution in [0, 0.1) is 0 Å². The summed E-state index contributed by atoms with van der Waals surface area (Å²) < 4.78 is 0.734. The summed E-state index contributed by atoms with van der Waals surface area (Å²) in [7, 11) is 2.18. The zero-order valence-electron chi connectivity index (χ0n) is 5.73. The number of hydrogen-bond acceptors (Lipinski definition) is 2. The van der Waals surface area contributed by atoms with Gasteiger partial charge in [0, 0.05) is 13.1 Å². The number of rotatable bonds is 0. The second-order valence-electron chi connectivity index (χ2n) is 2.45. The van der Waals surface area contributed by atoms with Crippen LogP contribution in [-0.2, 0) is 0 Å². The zero-order chi connectivity index (χ0) is 6.69. The van der Waals surface area contributed by atoms with Gasteiger partial charge in [0.15, 0.2) is 0 Å². The molecule has 1 rings (SSSR count). The first-order valence-corrected chi connectivity index (χ1v) is 4.60. The molecule has 1 saturated heterocycles. The Morgan fingerprint density at radius 1 is 1.56 bits per heavy atom. The van der Waals surface area contributed by atoms with Crippen LogP contribution in [0.1, 0.15) is 6.42 Å². The predicted molar refractivity (Wildman–Crippen MR) is 47.9 cm³/mol. The maximum absolute atomic E-state index is 3.36. The third-order valence-electron chi connectivity index (χ3n) is 1.68. The molecule has 1 fully saturated rings. The fraction of sp³-hybridized carbons (Fsp3) is 1.00. The van der Waals surface area contributed by atoms with Gasteiger partial charge in [-0.1, -0.05) is 22.6 Å². The largest absolute Gasteiger partial charge is 0.315 e. The van der Waals surface area contributed by atoms with Crippen molar-refractivity contribution in [2.45, 2.75) is 10.5 Å². The van der Waals surface area contributed by atoms with Gasteiger partial charge in [0.2, 0.25) is 0 Å². The molecule has 1 aliphatic heterocycles. The van der Waals surface area contributed by atoms with Gasteiger partial charge in [-0.05, 0) is 20.0 Å². The predicted octanol–water partition coefficient (Wildman–Crippen LogP) is 0.673. The van der Waals surface area contributed by atoms with Gasteiger partial charge >= 0.3 is 0 Å². The molecule has 0 saturated carbocycles. The van der Waals surface area contributed by atoms with Gasteiger partial charge in [0.05, 0.1) is 4.05 Å². The Morgan fingerprint density at radius 3 is 3.11 bits per heavy atom. The Hall–Kier alpha value is 0.650. The smallest absolute Gasteiger partial charge is 0.0628 e. The molecule has 1 atom stereocenters. The van der Waals surface area contributed by atoms with Gasteiger partial charge in [0.25, 0.3) is 0 Å². The van der Waals surface area contributed by atoms with E-state index >= 15 is 0 Å². The van der Waals surface area contributed by atoms with E-state index in [0.717, 1.165) is 10.6 Å². The summed E-state index contributed by atoms with van der Waals surface area (Å²) in [6.45, 7) is 3.52. The van der Waals surface area contributed by atoms with E-state index in [1.165, 1.54) is 19.5 Å². The van der Waals surface area contributed by atoms with Crippen LogP contribution in [0.2, 0.25) is 0 Å². The second-order valence-corrected chi connectivity index (χ2v) is 3.89. The average Bonchev–Trinajstić information content (AvgIpc) is 1.99. The Balaban J connectivity index is 2.32. The molecule has 0 spiro atoms. The van der Waals surface area contributed by atoms with Gasteiger partial charge < -0.3 is 5.32 Å². The van der Waals surface area contributed by atoms with Crippen LogP contribution in [0.4, 0.5) is 0 Å². The van der Waals surface area contributed by atoms with Gasteiger partial charge in [0.1, 0.15) is 0 Å². The minimum absolute atomic E-state index is 0.734. The molecule has 0 bridgehead atoms. The van der Waals surface area contributed by atoms with Crippen molar-refractivity contribution in [1.29, 1.82) is 0 Å². The summed E-state index contributed by atoms with van der Waals surface area (Å²) in [4.78, 5) is 2.39. The summed E-state index contributed by atoms with van der Waals surface area (Å²) >= 11 is 2.49. The van der Waals surface area contributed by atoms with E-state index in [1.807, 2.05) is 0 Å². The minimum atomic E-state index is 0.734. The van der Waals surface area contributed by atoms with Crippen LogP contribution in [0.5, 0.6) is 0 Å². The summed E-state index contributed by atoms with van der Waals surface area (Å²) in [5.74, 6) is 0. The highest BCUT2D eigenvalue weighted by Gasteiger charge is 2.12. The highest BCUT2D eigenvalue weighted by atomic mass is 127. The van der Waals surface area contributed by atoms with Crippen molar-refractivity contribution < 1.29 is 0 Å². The first kappa shape index (κ1) is 7.75.